The molecule has 0 atom stereocenters. The highest BCUT2D eigenvalue weighted by atomic mass is 35.5. The molecule has 3 rings (SSSR count). The molecule has 0 saturated carbocycles. The van der Waals surface area contributed by atoms with Crippen molar-refractivity contribution in [2.75, 3.05) is 7.11 Å². The second kappa shape index (κ2) is 9.45. The van der Waals surface area contributed by atoms with E-state index in [0.717, 1.165) is 5.56 Å². The summed E-state index contributed by atoms with van der Waals surface area (Å²) in [5, 5.41) is 4.50. The third kappa shape index (κ3) is 5.73. The molecule has 0 saturated heterocycles. The summed E-state index contributed by atoms with van der Waals surface area (Å²) >= 11 is 5.89. The molecule has 8 heteroatoms. The van der Waals surface area contributed by atoms with Gasteiger partial charge in [-0.2, -0.15) is 13.5 Å². The zero-order chi connectivity index (χ0) is 20.7. The van der Waals surface area contributed by atoms with Gasteiger partial charge in [-0.1, -0.05) is 41.9 Å². The third-order valence-electron chi connectivity index (χ3n) is 3.94. The van der Waals surface area contributed by atoms with E-state index in [1.165, 1.54) is 18.3 Å². The van der Waals surface area contributed by atoms with Crippen molar-refractivity contribution in [1.29, 1.82) is 0 Å². The Hall–Kier alpha value is -3.03. The van der Waals surface area contributed by atoms with Crippen LogP contribution in [0.2, 0.25) is 5.02 Å². The first kappa shape index (κ1) is 20.7. The molecule has 0 fully saturated rings. The van der Waals surface area contributed by atoms with Gasteiger partial charge in [-0.15, -0.1) is 0 Å². The highest BCUT2D eigenvalue weighted by Gasteiger charge is 2.11. The predicted molar refractivity (Wildman–Crippen MR) is 113 cm³/mol. The van der Waals surface area contributed by atoms with E-state index in [-0.39, 0.29) is 4.90 Å². The summed E-state index contributed by atoms with van der Waals surface area (Å²) in [6, 6.07) is 20.5. The van der Waals surface area contributed by atoms with Gasteiger partial charge in [0.05, 0.1) is 18.2 Å². The minimum atomic E-state index is -3.72. The molecule has 0 aromatic heterocycles. The number of sulfonamides is 1. The van der Waals surface area contributed by atoms with Gasteiger partial charge in [-0.25, -0.2) is 4.83 Å². The molecule has 0 heterocycles. The molecule has 0 aliphatic heterocycles. The van der Waals surface area contributed by atoms with Crippen molar-refractivity contribution in [1.82, 2.24) is 4.83 Å². The Bertz CT molecular complexity index is 1090. The van der Waals surface area contributed by atoms with E-state index in [1.54, 1.807) is 55.6 Å². The van der Waals surface area contributed by atoms with Gasteiger partial charge < -0.3 is 9.47 Å². The lowest BCUT2D eigenvalue weighted by molar-refractivity contribution is 0.284. The van der Waals surface area contributed by atoms with Crippen LogP contribution in [0.1, 0.15) is 11.1 Å². The molecule has 3 aromatic rings. The summed E-state index contributed by atoms with van der Waals surface area (Å²) in [6.45, 7) is 0.328. The molecular weight excluding hydrogens is 412 g/mol. The van der Waals surface area contributed by atoms with Crippen LogP contribution < -0.4 is 14.3 Å². The minimum absolute atomic E-state index is 0.138. The molecule has 0 spiro atoms. The molecule has 1 N–H and O–H groups in total. The molecular formula is C21H19ClN2O4S. The Morgan fingerprint density at radius 3 is 2.41 bits per heavy atom. The van der Waals surface area contributed by atoms with Crippen molar-refractivity contribution >= 4 is 27.8 Å². The lowest BCUT2D eigenvalue weighted by Gasteiger charge is -2.11. The number of hydrazone groups is 1. The van der Waals surface area contributed by atoms with Crippen LogP contribution in [0.3, 0.4) is 0 Å². The van der Waals surface area contributed by atoms with Gasteiger partial charge in [0.25, 0.3) is 10.0 Å². The van der Waals surface area contributed by atoms with E-state index in [1.807, 2.05) is 12.1 Å². The van der Waals surface area contributed by atoms with Crippen LogP contribution in [0.5, 0.6) is 11.5 Å². The molecule has 0 aliphatic carbocycles. The van der Waals surface area contributed by atoms with Gasteiger partial charge in [-0.05, 0) is 53.6 Å². The quantitative estimate of drug-likeness (QED) is 0.428. The van der Waals surface area contributed by atoms with Crippen LogP contribution in [-0.2, 0) is 16.6 Å². The molecule has 0 amide bonds. The molecule has 0 radical (unpaired) electrons. The number of benzene rings is 3. The van der Waals surface area contributed by atoms with Crippen LogP contribution in [0.15, 0.2) is 82.8 Å². The Balaban J connectivity index is 1.70. The van der Waals surface area contributed by atoms with Crippen molar-refractivity contribution in [2.24, 2.45) is 5.10 Å². The standard InChI is InChI=1S/C21H19ClN2O4S/c1-27-20-12-9-17(13-21(20)28-15-16-7-10-18(22)11-8-16)14-23-24-29(25,26)19-5-3-2-4-6-19/h2-14,24H,15H2,1H3/b23-14-. The largest absolute Gasteiger partial charge is 0.493 e. The zero-order valence-corrected chi connectivity index (χ0v) is 17.2. The average Bonchev–Trinajstić information content (AvgIpc) is 2.74. The number of hydrogen-bond donors (Lipinski definition) is 1. The van der Waals surface area contributed by atoms with Crippen LogP contribution in [0.4, 0.5) is 0 Å². The van der Waals surface area contributed by atoms with Gasteiger partial charge in [0.15, 0.2) is 11.5 Å². The summed E-state index contributed by atoms with van der Waals surface area (Å²) in [6.07, 6.45) is 1.40. The van der Waals surface area contributed by atoms with Crippen LogP contribution in [0.25, 0.3) is 0 Å². The lowest BCUT2D eigenvalue weighted by Crippen LogP contribution is -2.18. The SMILES string of the molecule is COc1ccc(/C=N\NS(=O)(=O)c2ccccc2)cc1OCc1ccc(Cl)cc1. The number of nitrogens with zero attached hydrogens (tertiary/aromatic N) is 1. The van der Waals surface area contributed by atoms with E-state index in [2.05, 4.69) is 9.93 Å². The molecule has 29 heavy (non-hydrogen) atoms. The topological polar surface area (TPSA) is 77.0 Å². The number of rotatable bonds is 8. The summed E-state index contributed by atoms with van der Waals surface area (Å²) in [5.74, 6) is 1.07. The first-order valence-corrected chi connectivity index (χ1v) is 10.5. The summed E-state index contributed by atoms with van der Waals surface area (Å²) in [4.78, 5) is 2.33. The van der Waals surface area contributed by atoms with E-state index in [9.17, 15) is 8.42 Å². The summed E-state index contributed by atoms with van der Waals surface area (Å²) in [7, 11) is -2.17. The maximum Gasteiger partial charge on any atom is 0.276 e. The average molecular weight is 431 g/mol. The molecule has 3 aromatic carbocycles. The zero-order valence-electron chi connectivity index (χ0n) is 15.6. The fraction of sp³-hybridized carbons (Fsp3) is 0.0952. The van der Waals surface area contributed by atoms with E-state index < -0.39 is 10.0 Å². The molecule has 0 unspecified atom stereocenters. The molecule has 6 nitrogen and oxygen atoms in total. The normalized spacial score (nSPS) is 11.4. The number of hydrogen-bond acceptors (Lipinski definition) is 5. The maximum atomic E-state index is 12.2. The first-order chi connectivity index (χ1) is 14.0. The van der Waals surface area contributed by atoms with Crippen molar-refractivity contribution in [2.45, 2.75) is 11.5 Å². The fourth-order valence-corrected chi connectivity index (χ4v) is 3.39. The monoisotopic (exact) mass is 430 g/mol. The van der Waals surface area contributed by atoms with E-state index in [4.69, 9.17) is 21.1 Å². The van der Waals surface area contributed by atoms with Gasteiger partial charge in [-0.3, -0.25) is 0 Å². The Morgan fingerprint density at radius 1 is 1.00 bits per heavy atom. The lowest BCUT2D eigenvalue weighted by atomic mass is 10.2. The van der Waals surface area contributed by atoms with Crippen LogP contribution in [-0.4, -0.2) is 21.7 Å². The van der Waals surface area contributed by atoms with E-state index >= 15 is 0 Å². The molecule has 0 bridgehead atoms. The maximum absolute atomic E-state index is 12.2. The second-order valence-corrected chi connectivity index (χ2v) is 8.09. The van der Waals surface area contributed by atoms with Crippen molar-refractivity contribution in [3.8, 4) is 11.5 Å². The Morgan fingerprint density at radius 2 is 1.72 bits per heavy atom. The van der Waals surface area contributed by atoms with Gasteiger partial charge in [0, 0.05) is 5.02 Å². The van der Waals surface area contributed by atoms with Crippen LogP contribution >= 0.6 is 11.6 Å². The first-order valence-electron chi connectivity index (χ1n) is 8.63. The summed E-state index contributed by atoms with van der Waals surface area (Å²) in [5.41, 5.74) is 1.60. The predicted octanol–water partition coefficient (Wildman–Crippen LogP) is 4.24. The molecule has 0 aliphatic rings. The smallest absolute Gasteiger partial charge is 0.276 e. The number of nitrogens with one attached hydrogen (secondary N) is 1. The van der Waals surface area contributed by atoms with Gasteiger partial charge >= 0.3 is 0 Å². The van der Waals surface area contributed by atoms with Gasteiger partial charge in [0.2, 0.25) is 0 Å². The Labute approximate surface area is 174 Å². The van der Waals surface area contributed by atoms with Crippen molar-refractivity contribution in [3.63, 3.8) is 0 Å². The third-order valence-corrected chi connectivity index (χ3v) is 5.43. The number of ether oxygens (including phenoxy) is 2. The second-order valence-electron chi connectivity index (χ2n) is 5.99. The Kier molecular flexibility index (Phi) is 6.74. The minimum Gasteiger partial charge on any atom is -0.493 e. The van der Waals surface area contributed by atoms with Crippen LogP contribution in [0, 0.1) is 0 Å². The summed E-state index contributed by atoms with van der Waals surface area (Å²) < 4.78 is 35.6. The number of halogens is 1. The highest BCUT2D eigenvalue weighted by Crippen LogP contribution is 2.28. The fourth-order valence-electron chi connectivity index (χ4n) is 2.45. The van der Waals surface area contributed by atoms with Crippen molar-refractivity contribution < 1.29 is 17.9 Å². The van der Waals surface area contributed by atoms with E-state index in [0.29, 0.717) is 28.7 Å². The molecule has 150 valence electrons. The number of methoxy groups -OCH3 is 1. The van der Waals surface area contributed by atoms with Crippen molar-refractivity contribution in [3.05, 3.63) is 88.9 Å². The van der Waals surface area contributed by atoms with Gasteiger partial charge in [0.1, 0.15) is 6.61 Å². The highest BCUT2D eigenvalue weighted by molar-refractivity contribution is 7.89.